The number of rotatable bonds is 4. The zero-order chi connectivity index (χ0) is 15.2. The number of hydrogen-bond acceptors (Lipinski definition) is 4. The van der Waals surface area contributed by atoms with Crippen LogP contribution >= 0.6 is 0 Å². The largest absolute Gasteiger partial charge is 0.479 e. The number of carboxylic acids is 1. The lowest BCUT2D eigenvalue weighted by Crippen LogP contribution is -2.31. The van der Waals surface area contributed by atoms with Crippen molar-refractivity contribution in [1.82, 2.24) is 4.31 Å². The first kappa shape index (κ1) is 14.3. The molecule has 0 aromatic heterocycles. The van der Waals surface area contributed by atoms with Crippen LogP contribution < -0.4 is 4.74 Å². The minimum absolute atomic E-state index is 0.110. The summed E-state index contributed by atoms with van der Waals surface area (Å²) in [5.74, 6) is -0.535. The van der Waals surface area contributed by atoms with Crippen molar-refractivity contribution in [3.05, 3.63) is 23.8 Å². The molecular formula is C14H17NO5S. The van der Waals surface area contributed by atoms with Crippen LogP contribution in [0.2, 0.25) is 0 Å². The van der Waals surface area contributed by atoms with Crippen molar-refractivity contribution < 1.29 is 23.1 Å². The number of carbonyl (C=O) groups is 1. The molecule has 1 saturated carbocycles. The van der Waals surface area contributed by atoms with E-state index in [1.165, 1.54) is 10.4 Å². The van der Waals surface area contributed by atoms with Gasteiger partial charge in [-0.2, -0.15) is 4.31 Å². The van der Waals surface area contributed by atoms with Crippen molar-refractivity contribution in [1.29, 1.82) is 0 Å². The summed E-state index contributed by atoms with van der Waals surface area (Å²) in [6.07, 6.45) is 1.82. The van der Waals surface area contributed by atoms with E-state index in [0.29, 0.717) is 18.6 Å². The first-order valence-corrected chi connectivity index (χ1v) is 8.34. The van der Waals surface area contributed by atoms with Gasteiger partial charge in [-0.05, 0) is 49.4 Å². The standard InChI is InChI=1S/C14H17NO5S/c1-15(10-3-4-10)21(18,19)11-5-7-12-9(8-11)2-6-13(20-12)14(16)17/h5,7-8,10,13H,2-4,6H2,1H3,(H,16,17). The van der Waals surface area contributed by atoms with E-state index in [1.807, 2.05) is 0 Å². The number of benzene rings is 1. The summed E-state index contributed by atoms with van der Waals surface area (Å²) in [5, 5.41) is 8.96. The molecule has 0 amide bonds. The molecule has 0 saturated heterocycles. The maximum Gasteiger partial charge on any atom is 0.344 e. The second-order valence-corrected chi connectivity index (χ2v) is 7.50. The van der Waals surface area contributed by atoms with Crippen molar-refractivity contribution >= 4 is 16.0 Å². The lowest BCUT2D eigenvalue weighted by molar-refractivity contribution is -0.145. The Morgan fingerprint density at radius 2 is 2.05 bits per heavy atom. The molecule has 1 unspecified atom stereocenters. The van der Waals surface area contributed by atoms with Crippen LogP contribution in [0.5, 0.6) is 5.75 Å². The van der Waals surface area contributed by atoms with Gasteiger partial charge in [0.25, 0.3) is 0 Å². The highest BCUT2D eigenvalue weighted by atomic mass is 32.2. The molecule has 114 valence electrons. The van der Waals surface area contributed by atoms with Crippen molar-refractivity contribution in [2.75, 3.05) is 7.05 Å². The summed E-state index contributed by atoms with van der Waals surface area (Å²) in [7, 11) is -1.88. The minimum atomic E-state index is -3.48. The molecule has 1 aliphatic heterocycles. The third-order valence-corrected chi connectivity index (χ3v) is 5.90. The Morgan fingerprint density at radius 3 is 2.67 bits per heavy atom. The van der Waals surface area contributed by atoms with E-state index < -0.39 is 22.1 Å². The predicted molar refractivity (Wildman–Crippen MR) is 74.8 cm³/mol. The van der Waals surface area contributed by atoms with Crippen LogP contribution in [0.15, 0.2) is 23.1 Å². The molecule has 1 fully saturated rings. The molecular weight excluding hydrogens is 294 g/mol. The van der Waals surface area contributed by atoms with E-state index in [4.69, 9.17) is 9.84 Å². The summed E-state index contributed by atoms with van der Waals surface area (Å²) in [6.45, 7) is 0. The Bertz CT molecular complexity index is 681. The number of fused-ring (bicyclic) bond motifs is 1. The van der Waals surface area contributed by atoms with Crippen LogP contribution in [-0.4, -0.2) is 43.0 Å². The Labute approximate surface area is 123 Å². The highest BCUT2D eigenvalue weighted by molar-refractivity contribution is 7.89. The van der Waals surface area contributed by atoms with E-state index >= 15 is 0 Å². The molecule has 1 aromatic carbocycles. The highest BCUT2D eigenvalue weighted by Crippen LogP contribution is 2.34. The van der Waals surface area contributed by atoms with Gasteiger partial charge < -0.3 is 9.84 Å². The van der Waals surface area contributed by atoms with Crippen LogP contribution in [0.3, 0.4) is 0 Å². The van der Waals surface area contributed by atoms with Gasteiger partial charge in [0.2, 0.25) is 10.0 Å². The monoisotopic (exact) mass is 311 g/mol. The normalized spacial score (nSPS) is 21.7. The minimum Gasteiger partial charge on any atom is -0.479 e. The second kappa shape index (κ2) is 4.99. The molecule has 0 radical (unpaired) electrons. The van der Waals surface area contributed by atoms with Gasteiger partial charge in [-0.15, -0.1) is 0 Å². The average molecular weight is 311 g/mol. The SMILES string of the molecule is CN(C1CC1)S(=O)(=O)c1ccc2c(c1)CCC(C(=O)O)O2. The molecule has 7 heteroatoms. The number of ether oxygens (including phenoxy) is 1. The van der Waals surface area contributed by atoms with E-state index in [0.717, 1.165) is 18.4 Å². The number of hydrogen-bond donors (Lipinski definition) is 1. The van der Waals surface area contributed by atoms with Crippen LogP contribution in [-0.2, 0) is 21.2 Å². The van der Waals surface area contributed by atoms with E-state index in [1.54, 1.807) is 19.2 Å². The topological polar surface area (TPSA) is 83.9 Å². The van der Waals surface area contributed by atoms with E-state index in [-0.39, 0.29) is 10.9 Å². The van der Waals surface area contributed by atoms with Crippen LogP contribution in [0.1, 0.15) is 24.8 Å². The highest BCUT2D eigenvalue weighted by Gasteiger charge is 2.35. The van der Waals surface area contributed by atoms with Crippen molar-refractivity contribution in [2.45, 2.75) is 42.7 Å². The predicted octanol–water partition coefficient (Wildman–Crippen LogP) is 1.25. The Balaban J connectivity index is 1.89. The number of aliphatic carboxylic acids is 1. The number of carboxylic acid groups (broad SMARTS) is 1. The van der Waals surface area contributed by atoms with E-state index in [9.17, 15) is 13.2 Å². The summed E-state index contributed by atoms with van der Waals surface area (Å²) in [4.78, 5) is 11.2. The van der Waals surface area contributed by atoms with Gasteiger partial charge in [-0.3, -0.25) is 0 Å². The molecule has 2 aliphatic rings. The molecule has 1 N–H and O–H groups in total. The fourth-order valence-corrected chi connectivity index (χ4v) is 3.97. The lowest BCUT2D eigenvalue weighted by atomic mass is 10.0. The summed E-state index contributed by atoms with van der Waals surface area (Å²) >= 11 is 0. The first-order chi connectivity index (χ1) is 9.89. The third kappa shape index (κ3) is 2.63. The van der Waals surface area contributed by atoms with Gasteiger partial charge in [0.15, 0.2) is 6.10 Å². The third-order valence-electron chi connectivity index (χ3n) is 3.99. The molecule has 21 heavy (non-hydrogen) atoms. The smallest absolute Gasteiger partial charge is 0.344 e. The van der Waals surface area contributed by atoms with Crippen molar-refractivity contribution in [3.63, 3.8) is 0 Å². The number of nitrogens with zero attached hydrogens (tertiary/aromatic N) is 1. The fraction of sp³-hybridized carbons (Fsp3) is 0.500. The van der Waals surface area contributed by atoms with Crippen molar-refractivity contribution in [3.8, 4) is 5.75 Å². The Kier molecular flexibility index (Phi) is 3.41. The summed E-state index contributed by atoms with van der Waals surface area (Å²) < 4.78 is 31.7. The molecule has 6 nitrogen and oxygen atoms in total. The maximum absolute atomic E-state index is 12.5. The molecule has 3 rings (SSSR count). The van der Waals surface area contributed by atoms with E-state index in [2.05, 4.69) is 0 Å². The van der Waals surface area contributed by atoms with Gasteiger partial charge in [0, 0.05) is 13.1 Å². The van der Waals surface area contributed by atoms with Gasteiger partial charge in [0.1, 0.15) is 5.75 Å². The first-order valence-electron chi connectivity index (χ1n) is 6.90. The Morgan fingerprint density at radius 1 is 1.33 bits per heavy atom. The summed E-state index contributed by atoms with van der Waals surface area (Å²) in [5.41, 5.74) is 0.748. The van der Waals surface area contributed by atoms with Crippen LogP contribution in [0.4, 0.5) is 0 Å². The number of sulfonamides is 1. The summed E-state index contributed by atoms with van der Waals surface area (Å²) in [6, 6.07) is 4.75. The van der Waals surface area contributed by atoms with Crippen LogP contribution in [0, 0.1) is 0 Å². The molecule has 0 bridgehead atoms. The Hall–Kier alpha value is -1.60. The molecule has 1 heterocycles. The van der Waals surface area contributed by atoms with Crippen molar-refractivity contribution in [2.24, 2.45) is 0 Å². The average Bonchev–Trinajstić information content (AvgIpc) is 3.29. The van der Waals surface area contributed by atoms with Crippen LogP contribution in [0.25, 0.3) is 0 Å². The molecule has 1 aliphatic carbocycles. The zero-order valence-electron chi connectivity index (χ0n) is 11.7. The molecule has 1 atom stereocenters. The van der Waals surface area contributed by atoms with Gasteiger partial charge in [0.05, 0.1) is 4.90 Å². The zero-order valence-corrected chi connectivity index (χ0v) is 12.5. The van der Waals surface area contributed by atoms with Gasteiger partial charge in [-0.1, -0.05) is 0 Å². The maximum atomic E-state index is 12.5. The fourth-order valence-electron chi connectivity index (χ4n) is 2.50. The molecule has 0 spiro atoms. The lowest BCUT2D eigenvalue weighted by Gasteiger charge is -2.24. The van der Waals surface area contributed by atoms with Gasteiger partial charge >= 0.3 is 5.97 Å². The quantitative estimate of drug-likeness (QED) is 0.904. The molecule has 1 aromatic rings. The number of aryl methyl sites for hydroxylation is 1. The second-order valence-electron chi connectivity index (χ2n) is 5.51. The van der Waals surface area contributed by atoms with Gasteiger partial charge in [-0.25, -0.2) is 13.2 Å².